The molecular weight excluding hydrogens is 230 g/mol. The average molecular weight is 241 g/mol. The van der Waals surface area contributed by atoms with Crippen LogP contribution in [0.25, 0.3) is 21.8 Å². The first-order valence-electron chi connectivity index (χ1n) is 5.52. The van der Waals surface area contributed by atoms with Crippen molar-refractivity contribution in [1.82, 2.24) is 9.97 Å². The third-order valence-corrected chi connectivity index (χ3v) is 2.95. The molecule has 2 heterocycles. The van der Waals surface area contributed by atoms with Crippen LogP contribution in [0, 0.1) is 0 Å². The van der Waals surface area contributed by atoms with E-state index in [0.717, 1.165) is 27.6 Å². The van der Waals surface area contributed by atoms with E-state index in [1.807, 2.05) is 18.2 Å². The van der Waals surface area contributed by atoms with E-state index in [1.54, 1.807) is 19.2 Å². The minimum atomic E-state index is -0.970. The molecule has 2 aromatic heterocycles. The van der Waals surface area contributed by atoms with Crippen LogP contribution in [0.5, 0.6) is 0 Å². The van der Waals surface area contributed by atoms with Gasteiger partial charge in [-0.05, 0) is 23.6 Å². The second-order valence-corrected chi connectivity index (χ2v) is 4.03. The van der Waals surface area contributed by atoms with Crippen LogP contribution in [-0.4, -0.2) is 28.1 Å². The lowest BCUT2D eigenvalue weighted by molar-refractivity contribution is 0.0691. The third-order valence-electron chi connectivity index (χ3n) is 2.95. The van der Waals surface area contributed by atoms with Crippen molar-refractivity contribution in [3.05, 3.63) is 36.0 Å². The smallest absolute Gasteiger partial charge is 0.352 e. The van der Waals surface area contributed by atoms with Gasteiger partial charge in [-0.15, -0.1) is 0 Å². The van der Waals surface area contributed by atoms with Crippen LogP contribution in [-0.2, 0) is 0 Å². The summed E-state index contributed by atoms with van der Waals surface area (Å²) in [5.74, 6) is -0.200. The largest absolute Gasteiger partial charge is 0.477 e. The number of nitrogens with one attached hydrogen (secondary N) is 2. The zero-order valence-corrected chi connectivity index (χ0v) is 9.69. The van der Waals surface area contributed by atoms with E-state index in [9.17, 15) is 4.79 Å². The fraction of sp³-hybridized carbons (Fsp3) is 0.0769. The Labute approximate surface area is 102 Å². The quantitative estimate of drug-likeness (QED) is 0.644. The summed E-state index contributed by atoms with van der Waals surface area (Å²) in [5.41, 5.74) is 1.80. The van der Waals surface area contributed by atoms with Gasteiger partial charge in [-0.2, -0.15) is 0 Å². The summed E-state index contributed by atoms with van der Waals surface area (Å²) in [6, 6.07) is 9.10. The highest BCUT2D eigenvalue weighted by Crippen LogP contribution is 2.26. The Hall–Kier alpha value is -2.56. The molecule has 0 unspecified atom stereocenters. The molecule has 0 saturated heterocycles. The first kappa shape index (κ1) is 10.6. The summed E-state index contributed by atoms with van der Waals surface area (Å²) in [6.07, 6.45) is 0. The number of anilines is 1. The third kappa shape index (κ3) is 1.48. The number of hydrogen-bond donors (Lipinski definition) is 3. The highest BCUT2D eigenvalue weighted by atomic mass is 16.4. The van der Waals surface area contributed by atoms with E-state index < -0.39 is 5.97 Å². The number of carboxylic acid groups (broad SMARTS) is 1. The summed E-state index contributed by atoms with van der Waals surface area (Å²) >= 11 is 0. The predicted octanol–water partition coefficient (Wildman–Crippen LogP) is 2.46. The Morgan fingerprint density at radius 3 is 2.83 bits per heavy atom. The number of aromatic amines is 1. The molecule has 0 fully saturated rings. The van der Waals surface area contributed by atoms with Crippen LogP contribution in [0.1, 0.15) is 10.5 Å². The lowest BCUT2D eigenvalue weighted by Gasteiger charge is -2.02. The minimum absolute atomic E-state index is 0.169. The highest BCUT2D eigenvalue weighted by Gasteiger charge is 2.09. The number of aromatic nitrogens is 2. The second-order valence-electron chi connectivity index (χ2n) is 4.03. The van der Waals surface area contributed by atoms with Crippen LogP contribution >= 0.6 is 0 Å². The van der Waals surface area contributed by atoms with Crippen molar-refractivity contribution in [3.8, 4) is 0 Å². The average Bonchev–Trinajstić information content (AvgIpc) is 2.81. The maximum atomic E-state index is 11.0. The topological polar surface area (TPSA) is 78.0 Å². The minimum Gasteiger partial charge on any atom is -0.477 e. The molecule has 1 aromatic carbocycles. The molecule has 5 heteroatoms. The van der Waals surface area contributed by atoms with Crippen molar-refractivity contribution in [2.75, 3.05) is 12.4 Å². The van der Waals surface area contributed by atoms with Crippen molar-refractivity contribution in [2.24, 2.45) is 0 Å². The molecule has 0 aliphatic heterocycles. The number of pyridine rings is 1. The van der Waals surface area contributed by atoms with Gasteiger partial charge in [0.2, 0.25) is 0 Å². The predicted molar refractivity (Wildman–Crippen MR) is 70.1 cm³/mol. The molecule has 3 N–H and O–H groups in total. The SMILES string of the molecule is CNc1cc2c(ccc3ccc(C(=O)O)[nH]c32)n1. The van der Waals surface area contributed by atoms with Crippen LogP contribution in [0.15, 0.2) is 30.3 Å². The highest BCUT2D eigenvalue weighted by molar-refractivity contribution is 6.06. The van der Waals surface area contributed by atoms with Crippen LogP contribution in [0.4, 0.5) is 5.82 Å². The Morgan fingerprint density at radius 2 is 2.11 bits per heavy atom. The number of aromatic carboxylic acids is 1. The number of fused-ring (bicyclic) bond motifs is 3. The summed E-state index contributed by atoms with van der Waals surface area (Å²) in [5, 5.41) is 13.9. The monoisotopic (exact) mass is 241 g/mol. The Balaban J connectivity index is 2.39. The van der Waals surface area contributed by atoms with E-state index in [-0.39, 0.29) is 5.69 Å². The molecule has 3 rings (SSSR count). The van der Waals surface area contributed by atoms with Gasteiger partial charge in [0.1, 0.15) is 11.5 Å². The molecule has 0 amide bonds. The molecule has 90 valence electrons. The number of rotatable bonds is 2. The van der Waals surface area contributed by atoms with Gasteiger partial charge in [0.15, 0.2) is 0 Å². The number of benzene rings is 1. The molecule has 5 nitrogen and oxygen atoms in total. The number of carbonyl (C=O) groups is 1. The molecule has 0 radical (unpaired) electrons. The van der Waals surface area contributed by atoms with Crippen LogP contribution in [0.3, 0.4) is 0 Å². The van der Waals surface area contributed by atoms with Crippen molar-refractivity contribution in [2.45, 2.75) is 0 Å². The summed E-state index contributed by atoms with van der Waals surface area (Å²) < 4.78 is 0. The number of hydrogen-bond acceptors (Lipinski definition) is 3. The van der Waals surface area contributed by atoms with Gasteiger partial charge in [-0.25, -0.2) is 9.78 Å². The van der Waals surface area contributed by atoms with Crippen molar-refractivity contribution >= 4 is 33.6 Å². The summed E-state index contributed by atoms with van der Waals surface area (Å²) in [6.45, 7) is 0. The summed E-state index contributed by atoms with van der Waals surface area (Å²) in [4.78, 5) is 18.3. The van der Waals surface area contributed by atoms with Gasteiger partial charge in [-0.3, -0.25) is 0 Å². The fourth-order valence-corrected chi connectivity index (χ4v) is 2.05. The van der Waals surface area contributed by atoms with E-state index in [1.165, 1.54) is 0 Å². The van der Waals surface area contributed by atoms with Crippen LogP contribution in [0.2, 0.25) is 0 Å². The van der Waals surface area contributed by atoms with E-state index in [0.29, 0.717) is 0 Å². The van der Waals surface area contributed by atoms with Gasteiger partial charge < -0.3 is 15.4 Å². The normalized spacial score (nSPS) is 10.9. The number of H-pyrrole nitrogens is 1. The number of carboxylic acids is 1. The Morgan fingerprint density at radius 1 is 1.33 bits per heavy atom. The van der Waals surface area contributed by atoms with Gasteiger partial charge in [0, 0.05) is 12.4 Å². The number of nitrogens with zero attached hydrogens (tertiary/aromatic N) is 1. The lowest BCUT2D eigenvalue weighted by Crippen LogP contribution is -1.99. The molecule has 0 atom stereocenters. The summed E-state index contributed by atoms with van der Waals surface area (Å²) in [7, 11) is 1.80. The zero-order chi connectivity index (χ0) is 12.7. The lowest BCUT2D eigenvalue weighted by atomic mass is 10.1. The van der Waals surface area contributed by atoms with Crippen molar-refractivity contribution in [1.29, 1.82) is 0 Å². The zero-order valence-electron chi connectivity index (χ0n) is 9.69. The molecule has 0 aliphatic rings. The second kappa shape index (κ2) is 3.73. The molecule has 3 aromatic rings. The van der Waals surface area contributed by atoms with E-state index >= 15 is 0 Å². The van der Waals surface area contributed by atoms with Gasteiger partial charge in [-0.1, -0.05) is 12.1 Å². The van der Waals surface area contributed by atoms with Crippen molar-refractivity contribution in [3.63, 3.8) is 0 Å². The van der Waals surface area contributed by atoms with Gasteiger partial charge in [0.25, 0.3) is 0 Å². The maximum Gasteiger partial charge on any atom is 0.352 e. The van der Waals surface area contributed by atoms with E-state index in [2.05, 4.69) is 15.3 Å². The van der Waals surface area contributed by atoms with Crippen molar-refractivity contribution < 1.29 is 9.90 Å². The first-order valence-corrected chi connectivity index (χ1v) is 5.52. The van der Waals surface area contributed by atoms with E-state index in [4.69, 9.17) is 5.11 Å². The molecule has 0 spiro atoms. The van der Waals surface area contributed by atoms with Crippen LogP contribution < -0.4 is 5.32 Å². The van der Waals surface area contributed by atoms with Gasteiger partial charge >= 0.3 is 5.97 Å². The van der Waals surface area contributed by atoms with Gasteiger partial charge in [0.05, 0.1) is 11.0 Å². The molecule has 0 saturated carbocycles. The maximum absolute atomic E-state index is 11.0. The molecule has 18 heavy (non-hydrogen) atoms. The molecule has 0 aliphatic carbocycles. The standard InChI is InChI=1S/C13H11N3O2/c1-14-11-6-8-9(15-11)4-2-7-3-5-10(13(17)18)16-12(7)8/h2-6,14,16H,1H3,(H,17,18). The fourth-order valence-electron chi connectivity index (χ4n) is 2.05. The Bertz CT molecular complexity index is 761. The molecular formula is C13H11N3O2. The first-order chi connectivity index (χ1) is 8.69. The Kier molecular flexibility index (Phi) is 2.19. The molecule has 0 bridgehead atoms.